The summed E-state index contributed by atoms with van der Waals surface area (Å²) in [6.45, 7) is 7.15. The molecule has 0 atom stereocenters. The Kier molecular flexibility index (Phi) is 4.75. The van der Waals surface area contributed by atoms with Crippen LogP contribution in [0.25, 0.3) is 5.78 Å². The fourth-order valence-electron chi connectivity index (χ4n) is 3.56. The van der Waals surface area contributed by atoms with Crippen molar-refractivity contribution in [1.82, 2.24) is 24.5 Å². The van der Waals surface area contributed by atoms with Gasteiger partial charge < -0.3 is 9.80 Å². The Morgan fingerprint density at radius 3 is 2.67 bits per heavy atom. The number of carbonyl (C=O) groups is 1. The lowest BCUT2D eigenvalue weighted by molar-refractivity contribution is -0.130. The van der Waals surface area contributed by atoms with Crippen LogP contribution in [-0.2, 0) is 17.6 Å². The van der Waals surface area contributed by atoms with Gasteiger partial charge in [-0.3, -0.25) is 9.20 Å². The average molecular weight is 364 g/mol. The van der Waals surface area contributed by atoms with E-state index < -0.39 is 0 Å². The molecule has 2 aromatic heterocycles. The van der Waals surface area contributed by atoms with Crippen molar-refractivity contribution in [2.45, 2.75) is 26.7 Å². The molecule has 0 radical (unpaired) electrons. The summed E-state index contributed by atoms with van der Waals surface area (Å²) in [5.41, 5.74) is 3.41. The topological polar surface area (TPSA) is 66.6 Å². The molecule has 0 saturated carbocycles. The SMILES string of the molecule is CCc1cc(N2CCN(C(=O)Cc3ccccc3C)CC2)nc2nncn12. The molecule has 1 amide bonds. The van der Waals surface area contributed by atoms with Gasteiger partial charge in [-0.15, -0.1) is 10.2 Å². The zero-order valence-corrected chi connectivity index (χ0v) is 15.8. The van der Waals surface area contributed by atoms with E-state index in [2.05, 4.69) is 46.1 Å². The van der Waals surface area contributed by atoms with Crippen LogP contribution in [0, 0.1) is 6.92 Å². The maximum atomic E-state index is 12.7. The smallest absolute Gasteiger partial charge is 0.256 e. The second-order valence-corrected chi connectivity index (χ2v) is 6.93. The largest absolute Gasteiger partial charge is 0.353 e. The van der Waals surface area contributed by atoms with Crippen LogP contribution in [0.3, 0.4) is 0 Å². The second kappa shape index (κ2) is 7.34. The van der Waals surface area contributed by atoms with Gasteiger partial charge in [-0.2, -0.15) is 4.98 Å². The van der Waals surface area contributed by atoms with Crippen molar-refractivity contribution < 1.29 is 4.79 Å². The monoisotopic (exact) mass is 364 g/mol. The second-order valence-electron chi connectivity index (χ2n) is 6.93. The van der Waals surface area contributed by atoms with Crippen molar-refractivity contribution in [3.63, 3.8) is 0 Å². The number of amides is 1. The molecular weight excluding hydrogens is 340 g/mol. The standard InChI is InChI=1S/C20H24N6O/c1-3-17-13-18(22-20-23-21-14-26(17)20)24-8-10-25(11-9-24)19(27)12-16-7-5-4-6-15(16)2/h4-7,13-14H,3,8-12H2,1-2H3. The Morgan fingerprint density at radius 2 is 1.93 bits per heavy atom. The van der Waals surface area contributed by atoms with Crippen LogP contribution in [0.15, 0.2) is 36.7 Å². The number of rotatable bonds is 4. The third-order valence-corrected chi connectivity index (χ3v) is 5.27. The molecule has 3 aromatic rings. The van der Waals surface area contributed by atoms with Gasteiger partial charge in [0.2, 0.25) is 5.91 Å². The minimum Gasteiger partial charge on any atom is -0.353 e. The van der Waals surface area contributed by atoms with Crippen LogP contribution in [-0.4, -0.2) is 56.6 Å². The zero-order chi connectivity index (χ0) is 18.8. The summed E-state index contributed by atoms with van der Waals surface area (Å²) in [5, 5.41) is 8.05. The molecule has 140 valence electrons. The summed E-state index contributed by atoms with van der Waals surface area (Å²) >= 11 is 0. The van der Waals surface area contributed by atoms with Crippen molar-refractivity contribution in [3.05, 3.63) is 53.5 Å². The highest BCUT2D eigenvalue weighted by molar-refractivity contribution is 5.79. The van der Waals surface area contributed by atoms with E-state index in [4.69, 9.17) is 0 Å². The van der Waals surface area contributed by atoms with Crippen LogP contribution in [0.1, 0.15) is 23.7 Å². The Bertz CT molecular complexity index is 958. The minimum absolute atomic E-state index is 0.194. The van der Waals surface area contributed by atoms with E-state index >= 15 is 0 Å². The molecule has 0 bridgehead atoms. The summed E-state index contributed by atoms with van der Waals surface area (Å²) < 4.78 is 1.92. The summed E-state index contributed by atoms with van der Waals surface area (Å²) in [6.07, 6.45) is 3.06. The number of piperazine rings is 1. The molecule has 1 fully saturated rings. The molecule has 1 aliphatic rings. The summed E-state index contributed by atoms with van der Waals surface area (Å²) in [4.78, 5) is 21.5. The Hall–Kier alpha value is -2.96. The maximum absolute atomic E-state index is 12.7. The third kappa shape index (κ3) is 3.49. The van der Waals surface area contributed by atoms with Gasteiger partial charge in [-0.25, -0.2) is 0 Å². The first-order chi connectivity index (χ1) is 13.2. The molecule has 0 N–H and O–H groups in total. The predicted octanol–water partition coefficient (Wildman–Crippen LogP) is 1.89. The molecule has 1 aliphatic heterocycles. The normalized spacial score (nSPS) is 14.7. The number of hydrogen-bond acceptors (Lipinski definition) is 5. The van der Waals surface area contributed by atoms with Gasteiger partial charge in [0.15, 0.2) is 0 Å². The number of nitrogens with zero attached hydrogens (tertiary/aromatic N) is 6. The number of anilines is 1. The van der Waals surface area contributed by atoms with Crippen molar-refractivity contribution in [3.8, 4) is 0 Å². The molecule has 4 rings (SSSR count). The lowest BCUT2D eigenvalue weighted by atomic mass is 10.1. The Labute approximate surface area is 158 Å². The van der Waals surface area contributed by atoms with E-state index in [9.17, 15) is 4.79 Å². The van der Waals surface area contributed by atoms with Gasteiger partial charge >= 0.3 is 0 Å². The van der Waals surface area contributed by atoms with Crippen molar-refractivity contribution >= 4 is 17.5 Å². The average Bonchev–Trinajstić information content (AvgIpc) is 3.18. The van der Waals surface area contributed by atoms with Gasteiger partial charge in [-0.1, -0.05) is 31.2 Å². The summed E-state index contributed by atoms with van der Waals surface area (Å²) in [5.74, 6) is 1.74. The number of benzene rings is 1. The van der Waals surface area contributed by atoms with E-state index in [1.54, 1.807) is 6.33 Å². The molecule has 0 aliphatic carbocycles. The van der Waals surface area contributed by atoms with E-state index in [-0.39, 0.29) is 5.91 Å². The first-order valence-corrected chi connectivity index (χ1v) is 9.42. The fraction of sp³-hybridized carbons (Fsp3) is 0.400. The lowest BCUT2D eigenvalue weighted by Crippen LogP contribution is -2.49. The van der Waals surface area contributed by atoms with Crippen molar-refractivity contribution in [2.75, 3.05) is 31.1 Å². The number of hydrogen-bond donors (Lipinski definition) is 0. The first-order valence-electron chi connectivity index (χ1n) is 9.42. The fourth-order valence-corrected chi connectivity index (χ4v) is 3.56. The summed E-state index contributed by atoms with van der Waals surface area (Å²) in [7, 11) is 0. The van der Waals surface area contributed by atoms with E-state index in [1.165, 1.54) is 5.56 Å². The minimum atomic E-state index is 0.194. The van der Waals surface area contributed by atoms with Gasteiger partial charge in [-0.05, 0) is 24.5 Å². The van der Waals surface area contributed by atoms with Crippen LogP contribution >= 0.6 is 0 Å². The van der Waals surface area contributed by atoms with Crippen LogP contribution in [0.4, 0.5) is 5.82 Å². The lowest BCUT2D eigenvalue weighted by Gasteiger charge is -2.35. The molecule has 7 heteroatoms. The predicted molar refractivity (Wildman–Crippen MR) is 104 cm³/mol. The van der Waals surface area contributed by atoms with Crippen LogP contribution in [0.2, 0.25) is 0 Å². The van der Waals surface area contributed by atoms with Crippen LogP contribution < -0.4 is 4.90 Å². The number of carbonyl (C=O) groups excluding carboxylic acids is 1. The van der Waals surface area contributed by atoms with Crippen molar-refractivity contribution in [1.29, 1.82) is 0 Å². The Morgan fingerprint density at radius 1 is 1.15 bits per heavy atom. The third-order valence-electron chi connectivity index (χ3n) is 5.27. The maximum Gasteiger partial charge on any atom is 0.256 e. The van der Waals surface area contributed by atoms with Crippen molar-refractivity contribution in [2.24, 2.45) is 0 Å². The molecule has 1 saturated heterocycles. The Balaban J connectivity index is 1.43. The number of fused-ring (bicyclic) bond motifs is 1. The zero-order valence-electron chi connectivity index (χ0n) is 15.8. The van der Waals surface area contributed by atoms with E-state index in [1.807, 2.05) is 27.5 Å². The number of aryl methyl sites for hydroxylation is 2. The molecule has 0 spiro atoms. The van der Waals surface area contributed by atoms with Gasteiger partial charge in [0.1, 0.15) is 12.1 Å². The highest BCUT2D eigenvalue weighted by Gasteiger charge is 2.23. The quantitative estimate of drug-likeness (QED) is 0.707. The van der Waals surface area contributed by atoms with E-state index in [0.717, 1.165) is 36.6 Å². The van der Waals surface area contributed by atoms with Crippen LogP contribution in [0.5, 0.6) is 0 Å². The number of aromatic nitrogens is 4. The van der Waals surface area contributed by atoms with Gasteiger partial charge in [0.25, 0.3) is 5.78 Å². The van der Waals surface area contributed by atoms with E-state index in [0.29, 0.717) is 25.3 Å². The molecule has 27 heavy (non-hydrogen) atoms. The highest BCUT2D eigenvalue weighted by atomic mass is 16.2. The molecule has 7 nitrogen and oxygen atoms in total. The molecule has 0 unspecified atom stereocenters. The van der Waals surface area contributed by atoms with Gasteiger partial charge in [0.05, 0.1) is 6.42 Å². The van der Waals surface area contributed by atoms with Gasteiger partial charge in [0, 0.05) is 37.9 Å². The summed E-state index contributed by atoms with van der Waals surface area (Å²) in [6, 6.07) is 10.2. The molecule has 3 heterocycles. The highest BCUT2D eigenvalue weighted by Crippen LogP contribution is 2.18. The molecular formula is C20H24N6O. The first kappa shape index (κ1) is 17.5. The molecule has 1 aromatic carbocycles.